The first-order valence-electron chi connectivity index (χ1n) is 13.6. The molecule has 1 N–H and O–H groups in total. The molecule has 1 fully saturated rings. The van der Waals surface area contributed by atoms with Crippen molar-refractivity contribution in [1.82, 2.24) is 9.88 Å². The van der Waals surface area contributed by atoms with Gasteiger partial charge in [0.2, 0.25) is 0 Å². The summed E-state index contributed by atoms with van der Waals surface area (Å²) in [6.45, 7) is 11.5. The summed E-state index contributed by atoms with van der Waals surface area (Å²) in [5.41, 5.74) is 4.96. The van der Waals surface area contributed by atoms with Crippen molar-refractivity contribution in [3.63, 3.8) is 0 Å². The van der Waals surface area contributed by atoms with Crippen molar-refractivity contribution in [3.8, 4) is 16.9 Å². The first kappa shape index (κ1) is 29.2. The van der Waals surface area contributed by atoms with Crippen LogP contribution >= 0.6 is 0 Å². The van der Waals surface area contributed by atoms with E-state index in [9.17, 15) is 17.4 Å². The van der Waals surface area contributed by atoms with Crippen LogP contribution in [0.25, 0.3) is 11.1 Å². The topological polar surface area (TPSA) is 79.7 Å². The predicted molar refractivity (Wildman–Crippen MR) is 153 cm³/mol. The fourth-order valence-corrected chi connectivity index (χ4v) is 6.19. The zero-order valence-corrected chi connectivity index (χ0v) is 24.2. The summed E-state index contributed by atoms with van der Waals surface area (Å²) in [6.07, 6.45) is 3.20. The maximum absolute atomic E-state index is 14.9. The Morgan fingerprint density at radius 3 is 2.41 bits per heavy atom. The van der Waals surface area contributed by atoms with E-state index in [0.29, 0.717) is 36.5 Å². The van der Waals surface area contributed by atoms with Crippen LogP contribution in [0.2, 0.25) is 0 Å². The van der Waals surface area contributed by atoms with E-state index in [1.54, 1.807) is 6.07 Å². The lowest BCUT2D eigenvalue weighted by atomic mass is 9.96. The molecule has 1 aliphatic rings. The van der Waals surface area contributed by atoms with E-state index < -0.39 is 10.1 Å². The largest absolute Gasteiger partial charge is 0.489 e. The van der Waals surface area contributed by atoms with Crippen molar-refractivity contribution in [3.05, 3.63) is 82.9 Å². The van der Waals surface area contributed by atoms with Gasteiger partial charge in [-0.15, -0.1) is 0 Å². The molecular weight excluding hydrogens is 515 g/mol. The van der Waals surface area contributed by atoms with E-state index in [-0.39, 0.29) is 23.4 Å². The average molecular weight is 555 g/mol. The summed E-state index contributed by atoms with van der Waals surface area (Å²) in [5.74, 6) is 0.0315. The highest BCUT2D eigenvalue weighted by Crippen LogP contribution is 2.44. The number of benzene rings is 2. The van der Waals surface area contributed by atoms with Gasteiger partial charge in [0, 0.05) is 35.8 Å². The molecule has 4 rings (SSSR count). The van der Waals surface area contributed by atoms with Crippen molar-refractivity contribution < 1.29 is 22.1 Å². The van der Waals surface area contributed by atoms with Crippen LogP contribution in [0.1, 0.15) is 68.8 Å². The third-order valence-corrected chi connectivity index (χ3v) is 8.18. The molecule has 0 aliphatic heterocycles. The molecule has 1 aromatic heterocycles. The van der Waals surface area contributed by atoms with Crippen LogP contribution in [-0.2, 0) is 23.3 Å². The predicted octanol–water partition coefficient (Wildman–Crippen LogP) is 6.78. The summed E-state index contributed by atoms with van der Waals surface area (Å²) in [5, 5.41) is 0. The number of nitrogens with zero attached hydrogens (tertiary/aromatic N) is 2. The fourth-order valence-electron chi connectivity index (χ4n) is 5.27. The Morgan fingerprint density at radius 1 is 1.05 bits per heavy atom. The Labute approximate surface area is 232 Å². The molecule has 1 saturated carbocycles. The molecule has 0 unspecified atom stereocenters. The molecule has 8 heteroatoms. The zero-order chi connectivity index (χ0) is 28.3. The van der Waals surface area contributed by atoms with Crippen LogP contribution in [0.5, 0.6) is 5.75 Å². The lowest BCUT2D eigenvalue weighted by Crippen LogP contribution is -2.36. The first-order chi connectivity index (χ1) is 18.4. The van der Waals surface area contributed by atoms with Gasteiger partial charge < -0.3 is 4.74 Å². The second-order valence-corrected chi connectivity index (χ2v) is 12.7. The Hall–Kier alpha value is -2.81. The van der Waals surface area contributed by atoms with Gasteiger partial charge >= 0.3 is 0 Å². The molecule has 210 valence electrons. The van der Waals surface area contributed by atoms with E-state index in [1.807, 2.05) is 43.3 Å². The summed E-state index contributed by atoms with van der Waals surface area (Å²) in [4.78, 5) is 6.46. The molecule has 39 heavy (non-hydrogen) atoms. The normalized spacial score (nSPS) is 14.8. The molecule has 1 atom stereocenters. The van der Waals surface area contributed by atoms with E-state index in [1.165, 1.54) is 6.20 Å². The smallest absolute Gasteiger partial charge is 0.265 e. The van der Waals surface area contributed by atoms with Gasteiger partial charge in [-0.2, -0.15) is 8.42 Å². The zero-order valence-electron chi connectivity index (χ0n) is 23.4. The van der Waals surface area contributed by atoms with Crippen molar-refractivity contribution in [2.24, 2.45) is 5.92 Å². The molecule has 1 heterocycles. The Morgan fingerprint density at radius 2 is 1.77 bits per heavy atom. The molecule has 2 aromatic carbocycles. The van der Waals surface area contributed by atoms with Gasteiger partial charge in [0.1, 0.15) is 18.2 Å². The van der Waals surface area contributed by atoms with Crippen LogP contribution in [-0.4, -0.2) is 40.7 Å². The highest BCUT2D eigenvalue weighted by atomic mass is 32.2. The van der Waals surface area contributed by atoms with E-state index in [2.05, 4.69) is 43.6 Å². The number of hydrogen-bond donors (Lipinski definition) is 1. The number of hydrogen-bond acceptors (Lipinski definition) is 5. The maximum Gasteiger partial charge on any atom is 0.265 e. The highest BCUT2D eigenvalue weighted by Gasteiger charge is 2.35. The van der Waals surface area contributed by atoms with Crippen molar-refractivity contribution >= 4 is 10.1 Å². The van der Waals surface area contributed by atoms with E-state index >= 15 is 0 Å². The van der Waals surface area contributed by atoms with Crippen LogP contribution in [0, 0.1) is 18.7 Å². The van der Waals surface area contributed by atoms with Gasteiger partial charge in [0.05, 0.1) is 11.9 Å². The lowest BCUT2D eigenvalue weighted by molar-refractivity contribution is 0.166. The molecule has 0 amide bonds. The van der Waals surface area contributed by atoms with Gasteiger partial charge in [-0.25, -0.2) is 4.39 Å². The molecular formula is C31H39FN2O4S. The number of ether oxygens (including phenoxy) is 1. The molecule has 3 aromatic rings. The quantitative estimate of drug-likeness (QED) is 0.249. The fraction of sp³-hybridized carbons (Fsp3) is 0.452. The third kappa shape index (κ3) is 7.87. The number of aryl methyl sites for hydroxylation is 1. The van der Waals surface area contributed by atoms with Gasteiger partial charge in [0.15, 0.2) is 0 Å². The molecule has 0 radical (unpaired) electrons. The number of halogens is 1. The van der Waals surface area contributed by atoms with Gasteiger partial charge in [-0.1, -0.05) is 30.3 Å². The molecule has 0 spiro atoms. The molecule has 1 aliphatic carbocycles. The number of rotatable bonds is 12. The second-order valence-electron chi connectivity index (χ2n) is 11.2. The molecule has 6 nitrogen and oxygen atoms in total. The van der Waals surface area contributed by atoms with Crippen molar-refractivity contribution in [2.45, 2.75) is 78.6 Å². The van der Waals surface area contributed by atoms with Crippen LogP contribution in [0.3, 0.4) is 0 Å². The third-order valence-electron chi connectivity index (χ3n) is 7.40. The lowest BCUT2D eigenvalue weighted by Gasteiger charge is -2.31. The van der Waals surface area contributed by atoms with Gasteiger partial charge in [-0.05, 0) is 93.8 Å². The van der Waals surface area contributed by atoms with E-state index in [4.69, 9.17) is 4.74 Å². The molecule has 0 bridgehead atoms. The maximum atomic E-state index is 14.9. The highest BCUT2D eigenvalue weighted by molar-refractivity contribution is 7.85. The Kier molecular flexibility index (Phi) is 9.09. The monoisotopic (exact) mass is 554 g/mol. The standard InChI is InChI=1S/C31H39FN2O4S/c1-20(2)34(21(3)4)17-26-14-23(9-12-28(26)29-13-22(5)33-16-31(29)32)18-38-27-8-6-7-25(15-27)30(24-10-11-24)19-39(35,36)37/h6-9,12-16,20-21,24,30H,10-11,17-19H2,1-5H3,(H,35,36,37)/t30-/m0/s1. The Balaban J connectivity index is 1.60. The SMILES string of the molecule is Cc1cc(-c2ccc(COc3cccc([C@@H](CS(=O)(=O)O)C4CC4)c3)cc2CN(C(C)C)C(C)C)c(F)cn1. The summed E-state index contributed by atoms with van der Waals surface area (Å²) >= 11 is 0. The average Bonchev–Trinajstić information content (AvgIpc) is 3.71. The summed E-state index contributed by atoms with van der Waals surface area (Å²) < 4.78 is 53.7. The Bertz CT molecular complexity index is 1400. The number of pyridine rings is 1. The number of aromatic nitrogens is 1. The van der Waals surface area contributed by atoms with E-state index in [0.717, 1.165) is 40.8 Å². The summed E-state index contributed by atoms with van der Waals surface area (Å²) in [6, 6.07) is 15.9. The second kappa shape index (κ2) is 12.1. The minimum absolute atomic E-state index is 0.244. The first-order valence-corrected chi connectivity index (χ1v) is 15.2. The van der Waals surface area contributed by atoms with Crippen LogP contribution in [0.4, 0.5) is 4.39 Å². The minimum Gasteiger partial charge on any atom is -0.489 e. The van der Waals surface area contributed by atoms with Gasteiger partial charge in [-0.3, -0.25) is 14.4 Å². The van der Waals surface area contributed by atoms with Crippen molar-refractivity contribution in [1.29, 1.82) is 0 Å². The summed E-state index contributed by atoms with van der Waals surface area (Å²) in [7, 11) is -4.08. The van der Waals surface area contributed by atoms with Crippen LogP contribution in [0.15, 0.2) is 54.7 Å². The van der Waals surface area contributed by atoms with Gasteiger partial charge in [0.25, 0.3) is 10.1 Å². The molecule has 0 saturated heterocycles. The van der Waals surface area contributed by atoms with Crippen molar-refractivity contribution in [2.75, 3.05) is 5.75 Å². The minimum atomic E-state index is -4.08. The van der Waals surface area contributed by atoms with Crippen LogP contribution < -0.4 is 4.74 Å².